The summed E-state index contributed by atoms with van der Waals surface area (Å²) in [6.07, 6.45) is -0.316. The highest BCUT2D eigenvalue weighted by Gasteiger charge is 2.24. The molecule has 0 saturated heterocycles. The molecule has 0 aliphatic carbocycles. The van der Waals surface area contributed by atoms with Crippen molar-refractivity contribution in [1.29, 1.82) is 0 Å². The molecule has 0 aliphatic heterocycles. The van der Waals surface area contributed by atoms with Gasteiger partial charge in [0.25, 0.3) is 0 Å². The Morgan fingerprint density at radius 3 is 2.12 bits per heavy atom. The van der Waals surface area contributed by atoms with Crippen molar-refractivity contribution in [3.8, 4) is 0 Å². The Morgan fingerprint density at radius 1 is 1.75 bits per heavy atom. The molecule has 50 valence electrons. The lowest BCUT2D eigenvalue weighted by atomic mass is 10.2. The second-order valence-corrected chi connectivity index (χ2v) is 2.68. The smallest absolute Gasteiger partial charge is 0.132 e. The molecule has 0 saturated carbocycles. The fraction of sp³-hybridized carbons (Fsp3) is 1.00. The predicted molar refractivity (Wildman–Crippen MR) is 35.9 cm³/mol. The zero-order valence-corrected chi connectivity index (χ0v) is 6.02. The molecule has 3 heteroatoms. The number of rotatable bonds is 2. The van der Waals surface area contributed by atoms with E-state index in [2.05, 4.69) is 12.6 Å². The zero-order valence-electron chi connectivity index (χ0n) is 5.13. The summed E-state index contributed by atoms with van der Waals surface area (Å²) < 4.78 is 0. The van der Waals surface area contributed by atoms with Gasteiger partial charge in [0, 0.05) is 0 Å². The lowest BCUT2D eigenvalue weighted by molar-refractivity contribution is 0.00379. The van der Waals surface area contributed by atoms with Crippen LogP contribution in [-0.4, -0.2) is 21.3 Å². The molecule has 0 amide bonds. The average molecular weight is 136 g/mol. The maximum absolute atomic E-state index is 9.01. The van der Waals surface area contributed by atoms with Crippen LogP contribution in [0.15, 0.2) is 0 Å². The van der Waals surface area contributed by atoms with Crippen molar-refractivity contribution in [2.75, 3.05) is 0 Å². The molecule has 2 atom stereocenters. The van der Waals surface area contributed by atoms with Gasteiger partial charge in [-0.2, -0.15) is 0 Å². The molecule has 0 radical (unpaired) electrons. The number of thiol groups is 1. The van der Waals surface area contributed by atoms with Crippen LogP contribution < -0.4 is 0 Å². The van der Waals surface area contributed by atoms with Crippen molar-refractivity contribution in [1.82, 2.24) is 0 Å². The van der Waals surface area contributed by atoms with E-state index in [9.17, 15) is 0 Å². The third kappa shape index (κ3) is 2.03. The SMILES string of the molecule is CCC(O)(S)C(C)O. The van der Waals surface area contributed by atoms with Gasteiger partial charge in [0.15, 0.2) is 0 Å². The van der Waals surface area contributed by atoms with Gasteiger partial charge in [0.05, 0.1) is 6.10 Å². The Bertz CT molecular complexity index is 70.8. The van der Waals surface area contributed by atoms with Crippen LogP contribution >= 0.6 is 12.6 Å². The number of hydrogen-bond donors (Lipinski definition) is 3. The van der Waals surface area contributed by atoms with Crippen LogP contribution in [-0.2, 0) is 0 Å². The maximum atomic E-state index is 9.01. The second kappa shape index (κ2) is 2.71. The molecule has 2 N–H and O–H groups in total. The lowest BCUT2D eigenvalue weighted by Gasteiger charge is -2.22. The van der Waals surface area contributed by atoms with Gasteiger partial charge in [-0.15, -0.1) is 12.6 Å². The van der Waals surface area contributed by atoms with E-state index in [1.807, 2.05) is 0 Å². The fourth-order valence-electron chi connectivity index (χ4n) is 0.295. The molecule has 8 heavy (non-hydrogen) atoms. The normalized spacial score (nSPS) is 22.1. The van der Waals surface area contributed by atoms with Crippen LogP contribution in [0.3, 0.4) is 0 Å². The van der Waals surface area contributed by atoms with Crippen molar-refractivity contribution in [3.63, 3.8) is 0 Å². The van der Waals surface area contributed by atoms with Gasteiger partial charge in [0.1, 0.15) is 4.93 Å². The molecule has 2 unspecified atom stereocenters. The molecule has 0 heterocycles. The van der Waals surface area contributed by atoms with Crippen molar-refractivity contribution < 1.29 is 10.2 Å². The Labute approximate surface area is 54.9 Å². The molecule has 0 rings (SSSR count). The van der Waals surface area contributed by atoms with Gasteiger partial charge >= 0.3 is 0 Å². The van der Waals surface area contributed by atoms with Gasteiger partial charge in [0.2, 0.25) is 0 Å². The van der Waals surface area contributed by atoms with E-state index in [1.165, 1.54) is 6.92 Å². The third-order valence-corrected chi connectivity index (χ3v) is 1.88. The molecular weight excluding hydrogens is 124 g/mol. The van der Waals surface area contributed by atoms with Gasteiger partial charge in [-0.3, -0.25) is 0 Å². The summed E-state index contributed by atoms with van der Waals surface area (Å²) >= 11 is 3.79. The molecule has 0 bridgehead atoms. The first kappa shape index (κ1) is 8.27. The molecule has 0 aromatic heterocycles. The first-order valence-corrected chi connectivity index (χ1v) is 3.08. The predicted octanol–water partition coefficient (Wildman–Crippen LogP) is 0.396. The van der Waals surface area contributed by atoms with Crippen molar-refractivity contribution in [2.24, 2.45) is 0 Å². The quantitative estimate of drug-likeness (QED) is 0.380. The van der Waals surface area contributed by atoms with E-state index < -0.39 is 11.0 Å². The van der Waals surface area contributed by atoms with E-state index in [-0.39, 0.29) is 0 Å². The summed E-state index contributed by atoms with van der Waals surface area (Å²) in [5.41, 5.74) is 0. The molecule has 0 aliphatic rings. The monoisotopic (exact) mass is 136 g/mol. The van der Waals surface area contributed by atoms with Crippen LogP contribution in [0.2, 0.25) is 0 Å². The van der Waals surface area contributed by atoms with Gasteiger partial charge in [-0.1, -0.05) is 6.92 Å². The lowest BCUT2D eigenvalue weighted by Crippen LogP contribution is -2.33. The highest BCUT2D eigenvalue weighted by Crippen LogP contribution is 2.18. The second-order valence-electron chi connectivity index (χ2n) is 1.91. The topological polar surface area (TPSA) is 40.5 Å². The summed E-state index contributed by atoms with van der Waals surface area (Å²) in [7, 11) is 0. The standard InChI is InChI=1S/C5H12O2S/c1-3-5(7,8)4(2)6/h4,6-8H,3H2,1-2H3. The Morgan fingerprint density at radius 2 is 2.12 bits per heavy atom. The van der Waals surface area contributed by atoms with E-state index >= 15 is 0 Å². The summed E-state index contributed by atoms with van der Waals surface area (Å²) in [6, 6.07) is 0. The maximum Gasteiger partial charge on any atom is 0.132 e. The van der Waals surface area contributed by atoms with Crippen LogP contribution in [0.4, 0.5) is 0 Å². The summed E-state index contributed by atoms with van der Waals surface area (Å²) in [5.74, 6) is 0. The Balaban J connectivity index is 3.71. The van der Waals surface area contributed by atoms with Crippen molar-refractivity contribution in [3.05, 3.63) is 0 Å². The first-order valence-electron chi connectivity index (χ1n) is 2.63. The number of hydrogen-bond acceptors (Lipinski definition) is 3. The highest BCUT2D eigenvalue weighted by molar-refractivity contribution is 7.81. The van der Waals surface area contributed by atoms with E-state index in [0.717, 1.165) is 0 Å². The summed E-state index contributed by atoms with van der Waals surface area (Å²) in [6.45, 7) is 3.27. The summed E-state index contributed by atoms with van der Waals surface area (Å²) in [5, 5.41) is 17.8. The minimum atomic E-state index is -1.21. The molecule has 0 spiro atoms. The van der Waals surface area contributed by atoms with Crippen LogP contribution in [0, 0.1) is 0 Å². The van der Waals surface area contributed by atoms with Crippen molar-refractivity contribution in [2.45, 2.75) is 31.3 Å². The fourth-order valence-corrected chi connectivity index (χ4v) is 0.295. The van der Waals surface area contributed by atoms with Gasteiger partial charge in [-0.25, -0.2) is 0 Å². The Hall–Kier alpha value is 0.270. The first-order chi connectivity index (χ1) is 3.50. The van der Waals surface area contributed by atoms with Crippen molar-refractivity contribution >= 4 is 12.6 Å². The minimum absolute atomic E-state index is 0.452. The van der Waals surface area contributed by atoms with Gasteiger partial charge in [-0.05, 0) is 13.3 Å². The molecule has 2 nitrogen and oxygen atoms in total. The molecular formula is C5H12O2S. The molecule has 0 fully saturated rings. The molecule has 0 aromatic carbocycles. The largest absolute Gasteiger partial charge is 0.390 e. The average Bonchev–Trinajstić information content (AvgIpc) is 1.67. The summed E-state index contributed by atoms with van der Waals surface area (Å²) in [4.78, 5) is -1.21. The van der Waals surface area contributed by atoms with E-state index in [4.69, 9.17) is 10.2 Å². The van der Waals surface area contributed by atoms with Crippen LogP contribution in [0.1, 0.15) is 20.3 Å². The number of aliphatic hydroxyl groups excluding tert-OH is 1. The zero-order chi connectivity index (χ0) is 6.78. The Kier molecular flexibility index (Phi) is 2.80. The van der Waals surface area contributed by atoms with Gasteiger partial charge < -0.3 is 10.2 Å². The van der Waals surface area contributed by atoms with E-state index in [0.29, 0.717) is 6.42 Å². The third-order valence-electron chi connectivity index (χ3n) is 1.19. The van der Waals surface area contributed by atoms with Crippen LogP contribution in [0.5, 0.6) is 0 Å². The molecule has 0 aromatic rings. The highest BCUT2D eigenvalue weighted by atomic mass is 32.1. The minimum Gasteiger partial charge on any atom is -0.390 e. The number of aliphatic hydroxyl groups is 2. The van der Waals surface area contributed by atoms with Crippen LogP contribution in [0.25, 0.3) is 0 Å². The van der Waals surface area contributed by atoms with E-state index in [1.54, 1.807) is 6.92 Å².